The molecule has 1 aromatic rings. The third-order valence-corrected chi connectivity index (χ3v) is 5.38. The van der Waals surface area contributed by atoms with Gasteiger partial charge in [0.05, 0.1) is 6.61 Å². The van der Waals surface area contributed by atoms with Crippen molar-refractivity contribution in [2.24, 2.45) is 0 Å². The highest BCUT2D eigenvalue weighted by molar-refractivity contribution is 5.75. The molecule has 1 amide bonds. The van der Waals surface area contributed by atoms with Gasteiger partial charge in [-0.05, 0) is 58.3 Å². The topological polar surface area (TPSA) is 65.1 Å². The zero-order chi connectivity index (χ0) is 21.8. The quantitative estimate of drug-likeness (QED) is 0.636. The average Bonchev–Trinajstić information content (AvgIpc) is 2.67. The van der Waals surface area contributed by atoms with Crippen molar-refractivity contribution in [3.63, 3.8) is 0 Å². The molecule has 164 valence electrons. The smallest absolute Gasteiger partial charge is 0.410 e. The average molecular weight is 416 g/mol. The molecule has 0 aliphatic carbocycles. The van der Waals surface area contributed by atoms with Crippen LogP contribution in [0, 0.1) is 0 Å². The monoisotopic (exact) mass is 415 g/mol. The highest BCUT2D eigenvalue weighted by atomic mass is 16.6. The largest absolute Gasteiger partial charge is 0.482 e. The van der Waals surface area contributed by atoms with Gasteiger partial charge in [-0.25, -0.2) is 4.79 Å². The Labute approximate surface area is 179 Å². The number of amides is 1. The number of carbonyl (C=O) groups excluding carboxylic acids is 2. The van der Waals surface area contributed by atoms with Gasteiger partial charge < -0.3 is 19.1 Å². The summed E-state index contributed by atoms with van der Waals surface area (Å²) in [5.41, 5.74) is 1.36. The molecule has 0 bridgehead atoms. The van der Waals surface area contributed by atoms with Crippen molar-refractivity contribution in [1.29, 1.82) is 0 Å². The standard InChI is InChI=1S/C24H33NO5/c1-5-28-21(26)12-8-9-18-17-24(29-20-11-7-6-10-19(18)20)13-15-25(16-14-24)22(27)30-23(2,3)4/h6-7,10-11,17H,5,8-9,12-16H2,1-4H3. The molecule has 1 fully saturated rings. The summed E-state index contributed by atoms with van der Waals surface area (Å²) in [7, 11) is 0. The third kappa shape index (κ3) is 5.55. The lowest BCUT2D eigenvalue weighted by Crippen LogP contribution is -2.50. The van der Waals surface area contributed by atoms with E-state index >= 15 is 0 Å². The highest BCUT2D eigenvalue weighted by Gasteiger charge is 2.40. The van der Waals surface area contributed by atoms with E-state index in [2.05, 4.69) is 12.1 Å². The fourth-order valence-corrected chi connectivity index (χ4v) is 3.97. The molecule has 0 radical (unpaired) electrons. The number of fused-ring (bicyclic) bond motifs is 1. The van der Waals surface area contributed by atoms with Gasteiger partial charge in [0.15, 0.2) is 0 Å². The van der Waals surface area contributed by atoms with Gasteiger partial charge in [-0.2, -0.15) is 0 Å². The van der Waals surface area contributed by atoms with Gasteiger partial charge in [0.2, 0.25) is 0 Å². The number of esters is 1. The third-order valence-electron chi connectivity index (χ3n) is 5.38. The summed E-state index contributed by atoms with van der Waals surface area (Å²) in [5, 5.41) is 0. The number of para-hydroxylation sites is 1. The Morgan fingerprint density at radius 3 is 2.53 bits per heavy atom. The van der Waals surface area contributed by atoms with Crippen LogP contribution in [0.15, 0.2) is 30.3 Å². The molecular weight excluding hydrogens is 382 g/mol. The second kappa shape index (κ2) is 9.11. The van der Waals surface area contributed by atoms with Crippen molar-refractivity contribution < 1.29 is 23.8 Å². The second-order valence-corrected chi connectivity index (χ2v) is 8.96. The molecule has 0 saturated carbocycles. The summed E-state index contributed by atoms with van der Waals surface area (Å²) in [6.45, 7) is 9.04. The first-order chi connectivity index (χ1) is 14.2. The Hall–Kier alpha value is -2.50. The molecule has 1 aromatic carbocycles. The van der Waals surface area contributed by atoms with Crippen molar-refractivity contribution in [2.75, 3.05) is 19.7 Å². The van der Waals surface area contributed by atoms with Crippen LogP contribution in [0.1, 0.15) is 65.4 Å². The SMILES string of the molecule is CCOC(=O)CCCC1=CC2(CCN(C(=O)OC(C)(C)C)CC2)Oc2ccccc21. The molecule has 3 rings (SSSR count). The Bertz CT molecular complexity index is 800. The van der Waals surface area contributed by atoms with Crippen molar-refractivity contribution >= 4 is 17.6 Å². The van der Waals surface area contributed by atoms with E-state index < -0.39 is 11.2 Å². The Balaban J connectivity index is 1.70. The van der Waals surface area contributed by atoms with Crippen LogP contribution < -0.4 is 4.74 Å². The fourth-order valence-electron chi connectivity index (χ4n) is 3.97. The fraction of sp³-hybridized carbons (Fsp3) is 0.583. The molecule has 0 atom stereocenters. The van der Waals surface area contributed by atoms with Crippen LogP contribution in [0.4, 0.5) is 4.79 Å². The molecule has 6 nitrogen and oxygen atoms in total. The Morgan fingerprint density at radius 2 is 1.87 bits per heavy atom. The molecule has 6 heteroatoms. The predicted molar refractivity (Wildman–Crippen MR) is 115 cm³/mol. The zero-order valence-electron chi connectivity index (χ0n) is 18.5. The first-order valence-corrected chi connectivity index (χ1v) is 10.8. The van der Waals surface area contributed by atoms with E-state index in [9.17, 15) is 9.59 Å². The van der Waals surface area contributed by atoms with Crippen LogP contribution in [-0.2, 0) is 14.3 Å². The molecule has 2 aliphatic rings. The van der Waals surface area contributed by atoms with Crippen molar-refractivity contribution in [1.82, 2.24) is 4.90 Å². The van der Waals surface area contributed by atoms with Gasteiger partial charge in [0.25, 0.3) is 0 Å². The van der Waals surface area contributed by atoms with E-state index in [0.717, 1.165) is 24.2 Å². The van der Waals surface area contributed by atoms with Crippen LogP contribution >= 0.6 is 0 Å². The van der Waals surface area contributed by atoms with Crippen molar-refractivity contribution in [3.05, 3.63) is 35.9 Å². The maximum absolute atomic E-state index is 12.4. The highest BCUT2D eigenvalue weighted by Crippen LogP contribution is 2.42. The van der Waals surface area contributed by atoms with Crippen LogP contribution in [-0.4, -0.2) is 47.9 Å². The summed E-state index contributed by atoms with van der Waals surface area (Å²) in [6.07, 6.45) is 5.30. The van der Waals surface area contributed by atoms with Crippen LogP contribution in [0.3, 0.4) is 0 Å². The maximum Gasteiger partial charge on any atom is 0.410 e. The number of carbonyl (C=O) groups is 2. The molecule has 0 aromatic heterocycles. The number of allylic oxidation sites excluding steroid dienone is 1. The van der Waals surface area contributed by atoms with Crippen LogP contribution in [0.5, 0.6) is 5.75 Å². The van der Waals surface area contributed by atoms with Crippen molar-refractivity contribution in [3.8, 4) is 5.75 Å². The van der Waals surface area contributed by atoms with E-state index in [1.165, 1.54) is 5.57 Å². The van der Waals surface area contributed by atoms with Gasteiger partial charge in [0.1, 0.15) is 17.0 Å². The van der Waals surface area contributed by atoms with Gasteiger partial charge in [-0.3, -0.25) is 4.79 Å². The predicted octanol–water partition coefficient (Wildman–Crippen LogP) is 4.97. The maximum atomic E-state index is 12.4. The first-order valence-electron chi connectivity index (χ1n) is 10.8. The minimum atomic E-state index is -0.501. The van der Waals surface area contributed by atoms with E-state index in [-0.39, 0.29) is 12.1 Å². The van der Waals surface area contributed by atoms with Gasteiger partial charge in [0, 0.05) is 37.9 Å². The van der Waals surface area contributed by atoms with E-state index in [1.54, 1.807) is 4.90 Å². The second-order valence-electron chi connectivity index (χ2n) is 8.96. The molecule has 2 heterocycles. The molecule has 0 N–H and O–H groups in total. The summed E-state index contributed by atoms with van der Waals surface area (Å²) in [6, 6.07) is 8.04. The molecule has 1 spiro atoms. The van der Waals surface area contributed by atoms with Gasteiger partial charge >= 0.3 is 12.1 Å². The number of ether oxygens (including phenoxy) is 3. The van der Waals surface area contributed by atoms with E-state index in [0.29, 0.717) is 39.0 Å². The molecule has 0 unspecified atom stereocenters. The normalized spacial score (nSPS) is 17.6. The lowest BCUT2D eigenvalue weighted by atomic mass is 9.83. The number of nitrogens with zero attached hydrogens (tertiary/aromatic N) is 1. The lowest BCUT2D eigenvalue weighted by Gasteiger charge is -2.43. The summed E-state index contributed by atoms with van der Waals surface area (Å²) in [4.78, 5) is 25.9. The molecule has 30 heavy (non-hydrogen) atoms. The van der Waals surface area contributed by atoms with Crippen molar-refractivity contribution in [2.45, 2.75) is 71.0 Å². The minimum absolute atomic E-state index is 0.154. The Kier molecular flexibility index (Phi) is 6.74. The number of likely N-dealkylation sites (tertiary alicyclic amines) is 1. The van der Waals surface area contributed by atoms with E-state index in [4.69, 9.17) is 14.2 Å². The summed E-state index contributed by atoms with van der Waals surface area (Å²) in [5.74, 6) is 0.718. The lowest BCUT2D eigenvalue weighted by molar-refractivity contribution is -0.143. The molecular formula is C24H33NO5. The number of piperidine rings is 1. The number of benzene rings is 1. The summed E-state index contributed by atoms with van der Waals surface area (Å²) >= 11 is 0. The summed E-state index contributed by atoms with van der Waals surface area (Å²) < 4.78 is 17.0. The molecule has 1 saturated heterocycles. The van der Waals surface area contributed by atoms with Crippen LogP contribution in [0.25, 0.3) is 5.57 Å². The number of hydrogen-bond acceptors (Lipinski definition) is 5. The molecule has 2 aliphatic heterocycles. The zero-order valence-corrected chi connectivity index (χ0v) is 18.5. The Morgan fingerprint density at radius 1 is 1.17 bits per heavy atom. The first kappa shape index (κ1) is 22.2. The van der Waals surface area contributed by atoms with Gasteiger partial charge in [-0.1, -0.05) is 18.2 Å². The number of rotatable bonds is 5. The number of hydrogen-bond donors (Lipinski definition) is 0. The van der Waals surface area contributed by atoms with E-state index in [1.807, 2.05) is 45.9 Å². The minimum Gasteiger partial charge on any atom is -0.482 e. The van der Waals surface area contributed by atoms with Gasteiger partial charge in [-0.15, -0.1) is 0 Å². The van der Waals surface area contributed by atoms with Crippen LogP contribution in [0.2, 0.25) is 0 Å².